The molecule has 0 saturated heterocycles. The fourth-order valence-corrected chi connectivity index (χ4v) is 2.97. The molecule has 0 radical (unpaired) electrons. The number of fused-ring (bicyclic) bond motifs is 1. The third-order valence-corrected chi connectivity index (χ3v) is 4.81. The van der Waals surface area contributed by atoms with Crippen LogP contribution in [0.4, 0.5) is 0 Å². The number of hydrogen-bond acceptors (Lipinski definition) is 5. The molecule has 0 aliphatic carbocycles. The molecular formula is C22H21ClO5. The van der Waals surface area contributed by atoms with Gasteiger partial charge in [0, 0.05) is 22.0 Å². The number of benzene rings is 2. The standard InChI is InChI=1S/C22H21ClO5/c1-13-4-5-14(2)19(8-13)26-7-6-21(24)27-12-16-10-22(25)28-20-9-15(3)18(23)11-17(16)20/h4-5,8-11H,6-7,12H2,1-3H3. The zero-order valence-electron chi connectivity index (χ0n) is 16.0. The number of aryl methyl sites for hydroxylation is 3. The topological polar surface area (TPSA) is 65.7 Å². The van der Waals surface area contributed by atoms with Crippen molar-refractivity contribution >= 4 is 28.5 Å². The summed E-state index contributed by atoms with van der Waals surface area (Å²) in [7, 11) is 0. The van der Waals surface area contributed by atoms with Crippen LogP contribution in [0.1, 0.15) is 28.7 Å². The maximum Gasteiger partial charge on any atom is 0.336 e. The van der Waals surface area contributed by atoms with E-state index >= 15 is 0 Å². The third-order valence-electron chi connectivity index (χ3n) is 4.41. The van der Waals surface area contributed by atoms with E-state index in [4.69, 9.17) is 25.5 Å². The van der Waals surface area contributed by atoms with E-state index in [0.717, 1.165) is 22.4 Å². The molecule has 0 fully saturated rings. The third kappa shape index (κ3) is 4.73. The van der Waals surface area contributed by atoms with Crippen molar-refractivity contribution < 1.29 is 18.7 Å². The van der Waals surface area contributed by atoms with Gasteiger partial charge in [0.05, 0.1) is 13.0 Å². The maximum atomic E-state index is 12.1. The van der Waals surface area contributed by atoms with Crippen LogP contribution >= 0.6 is 11.6 Å². The van der Waals surface area contributed by atoms with Gasteiger partial charge in [0.15, 0.2) is 0 Å². The predicted molar refractivity (Wildman–Crippen MR) is 108 cm³/mol. The molecule has 0 spiro atoms. The van der Waals surface area contributed by atoms with E-state index in [1.807, 2.05) is 39.0 Å². The lowest BCUT2D eigenvalue weighted by Crippen LogP contribution is -2.11. The maximum absolute atomic E-state index is 12.1. The Labute approximate surface area is 167 Å². The first-order chi connectivity index (χ1) is 13.3. The molecule has 0 N–H and O–H groups in total. The summed E-state index contributed by atoms with van der Waals surface area (Å²) in [6.07, 6.45) is 0.104. The van der Waals surface area contributed by atoms with Gasteiger partial charge in [-0.15, -0.1) is 0 Å². The Morgan fingerprint density at radius 2 is 1.86 bits per heavy atom. The Balaban J connectivity index is 1.62. The lowest BCUT2D eigenvalue weighted by molar-refractivity contribution is -0.145. The number of halogens is 1. The summed E-state index contributed by atoms with van der Waals surface area (Å²) < 4.78 is 16.2. The lowest BCUT2D eigenvalue weighted by atomic mass is 10.1. The molecule has 0 aliphatic rings. The average Bonchev–Trinajstić information content (AvgIpc) is 2.64. The van der Waals surface area contributed by atoms with Crippen LogP contribution < -0.4 is 10.4 Å². The van der Waals surface area contributed by atoms with Crippen molar-refractivity contribution in [2.45, 2.75) is 33.8 Å². The molecule has 6 heteroatoms. The van der Waals surface area contributed by atoms with Gasteiger partial charge < -0.3 is 13.9 Å². The van der Waals surface area contributed by atoms with Crippen molar-refractivity contribution in [2.24, 2.45) is 0 Å². The molecule has 28 heavy (non-hydrogen) atoms. The SMILES string of the molecule is Cc1ccc(C)c(OCCC(=O)OCc2cc(=O)oc3cc(C)c(Cl)cc23)c1. The van der Waals surface area contributed by atoms with Gasteiger partial charge >= 0.3 is 11.6 Å². The highest BCUT2D eigenvalue weighted by Gasteiger charge is 2.11. The highest BCUT2D eigenvalue weighted by Crippen LogP contribution is 2.25. The Morgan fingerprint density at radius 3 is 2.64 bits per heavy atom. The van der Waals surface area contributed by atoms with Crippen LogP contribution in [0.5, 0.6) is 5.75 Å². The minimum absolute atomic E-state index is 0.0379. The summed E-state index contributed by atoms with van der Waals surface area (Å²) in [5.74, 6) is 0.342. The highest BCUT2D eigenvalue weighted by atomic mass is 35.5. The van der Waals surface area contributed by atoms with Crippen molar-refractivity contribution in [1.29, 1.82) is 0 Å². The van der Waals surface area contributed by atoms with E-state index in [2.05, 4.69) is 0 Å². The number of carbonyl (C=O) groups is 1. The van der Waals surface area contributed by atoms with Crippen LogP contribution in [0.2, 0.25) is 5.02 Å². The smallest absolute Gasteiger partial charge is 0.336 e. The van der Waals surface area contributed by atoms with E-state index in [1.54, 1.807) is 12.1 Å². The Bertz CT molecular complexity index is 1080. The largest absolute Gasteiger partial charge is 0.493 e. The molecule has 3 aromatic rings. The second-order valence-electron chi connectivity index (χ2n) is 6.72. The summed E-state index contributed by atoms with van der Waals surface area (Å²) in [6.45, 7) is 5.93. The molecule has 1 heterocycles. The van der Waals surface area contributed by atoms with Crippen molar-refractivity contribution in [3.05, 3.63) is 74.1 Å². The number of rotatable bonds is 6. The summed E-state index contributed by atoms with van der Waals surface area (Å²) >= 11 is 6.17. The van der Waals surface area contributed by atoms with E-state index in [-0.39, 0.29) is 19.6 Å². The number of hydrogen-bond donors (Lipinski definition) is 0. The Hall–Kier alpha value is -2.79. The monoisotopic (exact) mass is 400 g/mol. The van der Waals surface area contributed by atoms with Gasteiger partial charge in [0.2, 0.25) is 0 Å². The molecule has 146 valence electrons. The number of carbonyl (C=O) groups excluding carboxylic acids is 1. The van der Waals surface area contributed by atoms with Gasteiger partial charge in [-0.25, -0.2) is 4.79 Å². The van der Waals surface area contributed by atoms with Gasteiger partial charge in [0.1, 0.15) is 17.9 Å². The van der Waals surface area contributed by atoms with Crippen LogP contribution in [0.25, 0.3) is 11.0 Å². The minimum Gasteiger partial charge on any atom is -0.493 e. The second kappa shape index (κ2) is 8.48. The molecule has 0 saturated carbocycles. The number of esters is 1. The normalized spacial score (nSPS) is 10.9. The van der Waals surface area contributed by atoms with Gasteiger partial charge in [-0.2, -0.15) is 0 Å². The number of ether oxygens (including phenoxy) is 2. The van der Waals surface area contributed by atoms with E-state index < -0.39 is 11.6 Å². The molecule has 3 rings (SSSR count). The van der Waals surface area contributed by atoms with Gasteiger partial charge in [-0.1, -0.05) is 23.7 Å². The molecular weight excluding hydrogens is 380 g/mol. The lowest BCUT2D eigenvalue weighted by Gasteiger charge is -2.11. The summed E-state index contributed by atoms with van der Waals surface area (Å²) in [4.78, 5) is 23.8. The van der Waals surface area contributed by atoms with Crippen LogP contribution in [0.15, 0.2) is 45.6 Å². The summed E-state index contributed by atoms with van der Waals surface area (Å²) in [5.41, 5.74) is 3.37. The molecule has 2 aromatic carbocycles. The summed E-state index contributed by atoms with van der Waals surface area (Å²) in [5, 5.41) is 1.20. The molecule has 0 atom stereocenters. The van der Waals surface area contributed by atoms with Crippen LogP contribution in [0, 0.1) is 20.8 Å². The zero-order valence-corrected chi connectivity index (χ0v) is 16.8. The van der Waals surface area contributed by atoms with Gasteiger partial charge in [-0.05, 0) is 55.7 Å². The van der Waals surface area contributed by atoms with Gasteiger partial charge in [0.25, 0.3) is 0 Å². The van der Waals surface area contributed by atoms with E-state index in [0.29, 0.717) is 21.6 Å². The first-order valence-corrected chi connectivity index (χ1v) is 9.30. The quantitative estimate of drug-likeness (QED) is 0.435. The van der Waals surface area contributed by atoms with Crippen molar-refractivity contribution in [3.63, 3.8) is 0 Å². The average molecular weight is 401 g/mol. The minimum atomic E-state index is -0.501. The molecule has 0 amide bonds. The first-order valence-electron chi connectivity index (χ1n) is 8.92. The van der Waals surface area contributed by atoms with Crippen molar-refractivity contribution in [2.75, 3.05) is 6.61 Å². The highest BCUT2D eigenvalue weighted by molar-refractivity contribution is 6.32. The summed E-state index contributed by atoms with van der Waals surface area (Å²) in [6, 6.07) is 10.6. The van der Waals surface area contributed by atoms with E-state index in [1.165, 1.54) is 6.07 Å². The van der Waals surface area contributed by atoms with Crippen LogP contribution in [-0.2, 0) is 16.1 Å². The predicted octanol–water partition coefficient (Wildman–Crippen LogP) is 4.88. The molecule has 0 aliphatic heterocycles. The zero-order chi connectivity index (χ0) is 20.3. The van der Waals surface area contributed by atoms with Crippen molar-refractivity contribution in [3.8, 4) is 5.75 Å². The second-order valence-corrected chi connectivity index (χ2v) is 7.12. The van der Waals surface area contributed by atoms with Crippen LogP contribution in [-0.4, -0.2) is 12.6 Å². The van der Waals surface area contributed by atoms with Crippen molar-refractivity contribution in [1.82, 2.24) is 0 Å². The fraction of sp³-hybridized carbons (Fsp3) is 0.273. The molecule has 5 nitrogen and oxygen atoms in total. The Morgan fingerprint density at radius 1 is 1.07 bits per heavy atom. The first kappa shape index (κ1) is 20.0. The Kier molecular flexibility index (Phi) is 6.05. The van der Waals surface area contributed by atoms with Gasteiger partial charge in [-0.3, -0.25) is 4.79 Å². The molecule has 1 aromatic heterocycles. The van der Waals surface area contributed by atoms with Crippen LogP contribution in [0.3, 0.4) is 0 Å². The van der Waals surface area contributed by atoms with E-state index in [9.17, 15) is 9.59 Å². The fourth-order valence-electron chi connectivity index (χ4n) is 2.81. The molecule has 0 unspecified atom stereocenters. The molecule has 0 bridgehead atoms.